The van der Waals surface area contributed by atoms with Crippen molar-refractivity contribution < 1.29 is 4.79 Å². The Balaban J connectivity index is 2.22. The van der Waals surface area contributed by atoms with Gasteiger partial charge in [-0.2, -0.15) is 0 Å². The molecule has 0 spiro atoms. The molecular weight excluding hydrogens is 236 g/mol. The first kappa shape index (κ1) is 13.9. The van der Waals surface area contributed by atoms with E-state index in [-0.39, 0.29) is 11.9 Å². The third-order valence-electron chi connectivity index (χ3n) is 4.21. The zero-order valence-electron chi connectivity index (χ0n) is 12.1. The average molecular weight is 260 g/mol. The van der Waals surface area contributed by atoms with E-state index in [1.807, 2.05) is 18.2 Å². The molecule has 2 atom stereocenters. The lowest BCUT2D eigenvalue weighted by Gasteiger charge is -2.33. The first-order valence-corrected chi connectivity index (χ1v) is 7.22. The van der Waals surface area contributed by atoms with Crippen LogP contribution in [0.2, 0.25) is 0 Å². The number of rotatable bonds is 5. The molecule has 0 saturated heterocycles. The number of amides is 1. The van der Waals surface area contributed by atoms with Crippen molar-refractivity contribution in [2.45, 2.75) is 52.1 Å². The van der Waals surface area contributed by atoms with Gasteiger partial charge >= 0.3 is 0 Å². The van der Waals surface area contributed by atoms with Crippen LogP contribution in [0.4, 0.5) is 5.69 Å². The van der Waals surface area contributed by atoms with Crippen molar-refractivity contribution in [3.63, 3.8) is 0 Å². The van der Waals surface area contributed by atoms with Gasteiger partial charge in [-0.15, -0.1) is 0 Å². The number of benzene rings is 1. The second kappa shape index (κ2) is 5.64. The van der Waals surface area contributed by atoms with E-state index >= 15 is 0 Å². The normalized spacial score (nSPS) is 17.8. The van der Waals surface area contributed by atoms with Crippen molar-refractivity contribution >= 4 is 11.6 Å². The second-order valence-electron chi connectivity index (χ2n) is 5.70. The molecule has 2 rings (SSSR count). The van der Waals surface area contributed by atoms with E-state index < -0.39 is 0 Å². The highest BCUT2D eigenvalue weighted by Crippen LogP contribution is 2.32. The Morgan fingerprint density at radius 2 is 2.11 bits per heavy atom. The minimum absolute atomic E-state index is 0.127. The molecule has 0 aromatic heterocycles. The number of nitrogens with zero attached hydrogens (tertiary/aromatic N) is 1. The van der Waals surface area contributed by atoms with Crippen LogP contribution in [0.15, 0.2) is 24.3 Å². The van der Waals surface area contributed by atoms with Crippen LogP contribution in [0.1, 0.15) is 50.4 Å². The van der Waals surface area contributed by atoms with Crippen LogP contribution in [0.5, 0.6) is 0 Å². The maximum absolute atomic E-state index is 12.7. The van der Waals surface area contributed by atoms with Gasteiger partial charge < -0.3 is 10.6 Å². The summed E-state index contributed by atoms with van der Waals surface area (Å²) in [6.07, 6.45) is 3.36. The van der Waals surface area contributed by atoms with Crippen molar-refractivity contribution in [2.24, 2.45) is 5.92 Å². The molecule has 0 bridgehead atoms. The maximum Gasteiger partial charge on any atom is 0.254 e. The molecule has 0 radical (unpaired) electrons. The third kappa shape index (κ3) is 3.09. The lowest BCUT2D eigenvalue weighted by atomic mass is 9.98. The number of hydrogen-bond acceptors (Lipinski definition) is 2. The molecule has 1 aliphatic rings. The first-order chi connectivity index (χ1) is 9.04. The van der Waals surface area contributed by atoms with E-state index in [4.69, 9.17) is 5.73 Å². The summed E-state index contributed by atoms with van der Waals surface area (Å²) in [5.74, 6) is 0.646. The summed E-state index contributed by atoms with van der Waals surface area (Å²) in [5.41, 5.74) is 7.14. The quantitative estimate of drug-likeness (QED) is 0.826. The molecule has 19 heavy (non-hydrogen) atoms. The summed E-state index contributed by atoms with van der Waals surface area (Å²) in [6.45, 7) is 6.56. The zero-order chi connectivity index (χ0) is 14.0. The highest BCUT2D eigenvalue weighted by molar-refractivity contribution is 5.95. The molecule has 2 N–H and O–H groups in total. The summed E-state index contributed by atoms with van der Waals surface area (Å²) < 4.78 is 0. The van der Waals surface area contributed by atoms with Gasteiger partial charge in [0, 0.05) is 23.3 Å². The molecular formula is C16H24N2O. The van der Waals surface area contributed by atoms with E-state index in [9.17, 15) is 4.79 Å². The Bertz CT molecular complexity index is 454. The molecule has 2 unspecified atom stereocenters. The molecule has 1 aliphatic carbocycles. The number of hydrogen-bond donors (Lipinski definition) is 1. The molecule has 104 valence electrons. The smallest absolute Gasteiger partial charge is 0.254 e. The Labute approximate surface area is 115 Å². The fourth-order valence-corrected chi connectivity index (χ4v) is 2.47. The minimum atomic E-state index is 0.127. The Hall–Kier alpha value is -1.51. The van der Waals surface area contributed by atoms with Gasteiger partial charge in [-0.3, -0.25) is 4.79 Å². The lowest BCUT2D eigenvalue weighted by molar-refractivity contribution is 0.0616. The van der Waals surface area contributed by atoms with Crippen LogP contribution in [0, 0.1) is 5.92 Å². The van der Waals surface area contributed by atoms with Gasteiger partial charge in [-0.05, 0) is 43.9 Å². The van der Waals surface area contributed by atoms with Crippen molar-refractivity contribution in [1.82, 2.24) is 4.90 Å². The number of carbonyl (C=O) groups is 1. The van der Waals surface area contributed by atoms with E-state index in [0.717, 1.165) is 19.3 Å². The molecule has 3 heteroatoms. The van der Waals surface area contributed by atoms with E-state index in [1.54, 1.807) is 6.07 Å². The van der Waals surface area contributed by atoms with E-state index in [2.05, 4.69) is 25.7 Å². The Morgan fingerprint density at radius 1 is 1.42 bits per heavy atom. The molecule has 0 heterocycles. The van der Waals surface area contributed by atoms with Gasteiger partial charge in [-0.1, -0.05) is 26.3 Å². The van der Waals surface area contributed by atoms with Crippen LogP contribution in [0.25, 0.3) is 0 Å². The SMILES string of the molecule is CCC(C)C(C)N(C(=O)c1cccc(N)c1)C1CC1. The van der Waals surface area contributed by atoms with Crippen LogP contribution in [0.3, 0.4) is 0 Å². The molecule has 1 aromatic carbocycles. The molecule has 1 aromatic rings. The van der Waals surface area contributed by atoms with Crippen LogP contribution in [-0.4, -0.2) is 22.9 Å². The second-order valence-corrected chi connectivity index (χ2v) is 5.70. The highest BCUT2D eigenvalue weighted by atomic mass is 16.2. The fraction of sp³-hybridized carbons (Fsp3) is 0.562. The van der Waals surface area contributed by atoms with E-state index in [1.165, 1.54) is 0 Å². The summed E-state index contributed by atoms with van der Waals surface area (Å²) in [5, 5.41) is 0. The predicted molar refractivity (Wildman–Crippen MR) is 79.0 cm³/mol. The first-order valence-electron chi connectivity index (χ1n) is 7.22. The van der Waals surface area contributed by atoms with Crippen LogP contribution < -0.4 is 5.73 Å². The van der Waals surface area contributed by atoms with Crippen molar-refractivity contribution in [3.8, 4) is 0 Å². The van der Waals surface area contributed by atoms with Gasteiger partial charge in [0.1, 0.15) is 0 Å². The summed E-state index contributed by atoms with van der Waals surface area (Å²) >= 11 is 0. The van der Waals surface area contributed by atoms with E-state index in [0.29, 0.717) is 23.2 Å². The Morgan fingerprint density at radius 3 is 2.63 bits per heavy atom. The summed E-state index contributed by atoms with van der Waals surface area (Å²) in [6, 6.07) is 8.01. The monoisotopic (exact) mass is 260 g/mol. The van der Waals surface area contributed by atoms with Crippen molar-refractivity contribution in [1.29, 1.82) is 0 Å². The van der Waals surface area contributed by atoms with Gasteiger partial charge in [0.15, 0.2) is 0 Å². The largest absolute Gasteiger partial charge is 0.399 e. The number of carbonyl (C=O) groups excluding carboxylic acids is 1. The average Bonchev–Trinajstić information content (AvgIpc) is 3.22. The lowest BCUT2D eigenvalue weighted by Crippen LogP contribution is -2.43. The van der Waals surface area contributed by atoms with Crippen molar-refractivity contribution in [3.05, 3.63) is 29.8 Å². The Kier molecular flexibility index (Phi) is 4.13. The molecule has 3 nitrogen and oxygen atoms in total. The number of nitrogens with two attached hydrogens (primary N) is 1. The summed E-state index contributed by atoms with van der Waals surface area (Å²) in [4.78, 5) is 14.8. The van der Waals surface area contributed by atoms with Crippen molar-refractivity contribution in [2.75, 3.05) is 5.73 Å². The topological polar surface area (TPSA) is 46.3 Å². The number of nitrogen functional groups attached to an aromatic ring is 1. The fourth-order valence-electron chi connectivity index (χ4n) is 2.47. The molecule has 0 aliphatic heterocycles. The van der Waals surface area contributed by atoms with Gasteiger partial charge in [0.25, 0.3) is 5.91 Å². The van der Waals surface area contributed by atoms with Gasteiger partial charge in [-0.25, -0.2) is 0 Å². The van der Waals surface area contributed by atoms with Crippen LogP contribution in [-0.2, 0) is 0 Å². The molecule has 1 saturated carbocycles. The standard InChI is InChI=1S/C16H24N2O/c1-4-11(2)12(3)18(15-8-9-15)16(19)13-6-5-7-14(17)10-13/h5-7,10-12,15H,4,8-9,17H2,1-3H3. The maximum atomic E-state index is 12.7. The molecule has 1 fully saturated rings. The minimum Gasteiger partial charge on any atom is -0.399 e. The highest BCUT2D eigenvalue weighted by Gasteiger charge is 2.37. The summed E-state index contributed by atoms with van der Waals surface area (Å²) in [7, 11) is 0. The predicted octanol–water partition coefficient (Wildman–Crippen LogP) is 3.31. The third-order valence-corrected chi connectivity index (χ3v) is 4.21. The zero-order valence-corrected chi connectivity index (χ0v) is 12.1. The van der Waals surface area contributed by atoms with Crippen LogP contribution >= 0.6 is 0 Å². The number of anilines is 1. The van der Waals surface area contributed by atoms with Gasteiger partial charge in [0.05, 0.1) is 0 Å². The molecule has 1 amide bonds. The van der Waals surface area contributed by atoms with Gasteiger partial charge in [0.2, 0.25) is 0 Å².